The predicted octanol–water partition coefficient (Wildman–Crippen LogP) is 0.498. The van der Waals surface area contributed by atoms with E-state index in [1.54, 1.807) is 11.8 Å². The third-order valence-electron chi connectivity index (χ3n) is 5.02. The number of anilines is 1. The van der Waals surface area contributed by atoms with Gasteiger partial charge in [0.1, 0.15) is 0 Å². The third-order valence-corrected chi connectivity index (χ3v) is 6.46. The topological polar surface area (TPSA) is 132 Å². The van der Waals surface area contributed by atoms with Gasteiger partial charge in [0.05, 0.1) is 16.1 Å². The second-order valence-electron chi connectivity index (χ2n) is 7.45. The van der Waals surface area contributed by atoms with E-state index >= 15 is 0 Å². The van der Waals surface area contributed by atoms with Crippen molar-refractivity contribution in [3.8, 4) is 0 Å². The first-order chi connectivity index (χ1) is 15.2. The van der Waals surface area contributed by atoms with Crippen molar-refractivity contribution < 1.29 is 29.0 Å². The molecule has 0 radical (unpaired) electrons. The fraction of sp³-hybridized carbons (Fsp3) is 0.500. The third kappa shape index (κ3) is 6.05. The number of nitrogens with one attached hydrogen (secondary N) is 2. The van der Waals surface area contributed by atoms with Crippen molar-refractivity contribution in [3.63, 3.8) is 0 Å². The summed E-state index contributed by atoms with van der Waals surface area (Å²) in [6.07, 6.45) is -2.18. The Labute approximate surface area is 194 Å². The maximum Gasteiger partial charge on any atom is 0.336 e. The van der Waals surface area contributed by atoms with Gasteiger partial charge in [-0.15, -0.1) is 11.8 Å². The van der Waals surface area contributed by atoms with Gasteiger partial charge in [0.25, 0.3) is 11.8 Å². The van der Waals surface area contributed by atoms with E-state index in [-0.39, 0.29) is 11.8 Å². The molecule has 2 aliphatic heterocycles. The van der Waals surface area contributed by atoms with Crippen LogP contribution in [-0.2, 0) is 23.9 Å². The summed E-state index contributed by atoms with van der Waals surface area (Å²) in [6.45, 7) is 5.06. The minimum Gasteiger partial charge on any atom is -0.479 e. The summed E-state index contributed by atoms with van der Waals surface area (Å²) in [5.74, 6) is -2.41. The number of halogens is 1. The molecule has 1 aromatic rings. The monoisotopic (exact) mass is 484 g/mol. The van der Waals surface area contributed by atoms with Crippen LogP contribution in [-0.4, -0.2) is 82.8 Å². The lowest BCUT2D eigenvalue weighted by Gasteiger charge is -2.38. The first-order valence-corrected chi connectivity index (χ1v) is 11.4. The molecule has 10 nitrogen and oxygen atoms in total. The zero-order chi connectivity index (χ0) is 23.4. The molecule has 1 aromatic carbocycles. The Morgan fingerprint density at radius 2 is 1.78 bits per heavy atom. The van der Waals surface area contributed by atoms with E-state index in [2.05, 4.69) is 15.5 Å². The number of aliphatic carboxylic acids is 1. The number of hydrogen-bond acceptors (Lipinski definition) is 7. The zero-order valence-electron chi connectivity index (χ0n) is 17.6. The highest BCUT2D eigenvalue weighted by atomic mass is 35.5. The van der Waals surface area contributed by atoms with E-state index in [9.17, 15) is 19.2 Å². The van der Waals surface area contributed by atoms with E-state index in [1.165, 1.54) is 6.92 Å². The molecule has 2 fully saturated rings. The molecule has 4 atom stereocenters. The summed E-state index contributed by atoms with van der Waals surface area (Å²) in [4.78, 5) is 51.4. The molecule has 0 saturated carbocycles. The summed E-state index contributed by atoms with van der Waals surface area (Å²) < 4.78 is 4.83. The van der Waals surface area contributed by atoms with Crippen molar-refractivity contribution in [2.45, 2.75) is 36.8 Å². The Kier molecular flexibility index (Phi) is 7.86. The van der Waals surface area contributed by atoms with Crippen molar-refractivity contribution >= 4 is 52.7 Å². The Morgan fingerprint density at radius 3 is 2.34 bits per heavy atom. The van der Waals surface area contributed by atoms with Crippen molar-refractivity contribution in [2.75, 3.05) is 31.1 Å². The highest BCUT2D eigenvalue weighted by molar-refractivity contribution is 8.01. The molecule has 0 bridgehead atoms. The summed E-state index contributed by atoms with van der Waals surface area (Å²) >= 11 is 7.33. The lowest BCUT2D eigenvalue weighted by atomic mass is 10.2. The van der Waals surface area contributed by atoms with Crippen LogP contribution in [0.15, 0.2) is 24.3 Å². The molecular formula is C20H25ClN4O6S. The number of nitrogens with zero attached hydrogens (tertiary/aromatic N) is 2. The molecule has 3 N–H and O–H groups in total. The first kappa shape index (κ1) is 24.1. The number of carboxylic acid groups (broad SMARTS) is 1. The van der Waals surface area contributed by atoms with Crippen molar-refractivity contribution in [1.82, 2.24) is 15.5 Å². The number of carbonyl (C=O) groups is 4. The van der Waals surface area contributed by atoms with E-state index < -0.39 is 34.8 Å². The molecule has 2 heterocycles. The van der Waals surface area contributed by atoms with E-state index in [4.69, 9.17) is 21.4 Å². The number of ether oxygens (including phenoxy) is 1. The van der Waals surface area contributed by atoms with Crippen LogP contribution >= 0.6 is 23.4 Å². The molecule has 0 spiro atoms. The number of piperazine rings is 1. The molecule has 2 aliphatic rings. The molecular weight excluding hydrogens is 460 g/mol. The fourth-order valence-corrected chi connectivity index (χ4v) is 4.75. The minimum atomic E-state index is -1.20. The number of epoxide rings is 1. The smallest absolute Gasteiger partial charge is 0.336 e. The molecule has 2 saturated heterocycles. The van der Waals surface area contributed by atoms with Crippen LogP contribution < -0.4 is 15.5 Å². The maximum absolute atomic E-state index is 13.1. The van der Waals surface area contributed by atoms with Crippen LogP contribution in [0.25, 0.3) is 0 Å². The van der Waals surface area contributed by atoms with Crippen LogP contribution in [0.1, 0.15) is 13.8 Å². The molecule has 3 amide bonds. The quantitative estimate of drug-likeness (QED) is 0.359. The lowest BCUT2D eigenvalue weighted by Crippen LogP contribution is -2.54. The van der Waals surface area contributed by atoms with Gasteiger partial charge in [-0.3, -0.25) is 14.4 Å². The number of carbonyl (C=O) groups excluding carboxylic acids is 3. The maximum atomic E-state index is 13.1. The summed E-state index contributed by atoms with van der Waals surface area (Å²) in [7, 11) is 0. The molecule has 0 aromatic heterocycles. The van der Waals surface area contributed by atoms with Crippen LogP contribution in [0, 0.1) is 0 Å². The number of benzene rings is 1. The lowest BCUT2D eigenvalue weighted by molar-refractivity contribution is -0.138. The molecule has 174 valence electrons. The van der Waals surface area contributed by atoms with Gasteiger partial charge in [0, 0.05) is 33.1 Å². The normalized spacial score (nSPS) is 22.0. The van der Waals surface area contributed by atoms with Crippen LogP contribution in [0.2, 0.25) is 5.02 Å². The highest BCUT2D eigenvalue weighted by Crippen LogP contribution is 2.27. The summed E-state index contributed by atoms with van der Waals surface area (Å²) in [5, 5.41) is 13.3. The second kappa shape index (κ2) is 10.4. The average Bonchev–Trinajstić information content (AvgIpc) is 3.54. The Morgan fingerprint density at radius 1 is 1.12 bits per heavy atom. The number of amides is 3. The highest BCUT2D eigenvalue weighted by Gasteiger charge is 2.51. The van der Waals surface area contributed by atoms with Crippen molar-refractivity contribution in [1.29, 1.82) is 0 Å². The van der Waals surface area contributed by atoms with Crippen LogP contribution in [0.5, 0.6) is 0 Å². The van der Waals surface area contributed by atoms with E-state index in [0.29, 0.717) is 31.2 Å². The number of carboxylic acids is 1. The Hall–Kier alpha value is -2.50. The van der Waals surface area contributed by atoms with Crippen LogP contribution in [0.3, 0.4) is 0 Å². The Bertz CT molecular complexity index is 895. The van der Waals surface area contributed by atoms with Gasteiger partial charge < -0.3 is 30.3 Å². The SMILES string of the molecule is CC(=O)N[C@@H](SC(C)NC(=O)[C@H]1O[C@@H]1C(=O)O)C(=O)N1CCN(c2ccccc2Cl)CC1. The van der Waals surface area contributed by atoms with Gasteiger partial charge in [-0.25, -0.2) is 4.79 Å². The number of para-hydroxylation sites is 1. The van der Waals surface area contributed by atoms with E-state index in [0.717, 1.165) is 17.4 Å². The number of rotatable bonds is 8. The largest absolute Gasteiger partial charge is 0.479 e. The van der Waals surface area contributed by atoms with Crippen molar-refractivity contribution in [3.05, 3.63) is 29.3 Å². The number of hydrogen-bond donors (Lipinski definition) is 3. The van der Waals surface area contributed by atoms with Gasteiger partial charge in [-0.05, 0) is 19.1 Å². The molecule has 12 heteroatoms. The van der Waals surface area contributed by atoms with Crippen LogP contribution in [0.4, 0.5) is 5.69 Å². The van der Waals surface area contributed by atoms with Crippen molar-refractivity contribution in [2.24, 2.45) is 0 Å². The summed E-state index contributed by atoms with van der Waals surface area (Å²) in [5.41, 5.74) is 0.910. The second-order valence-corrected chi connectivity index (χ2v) is 9.30. The van der Waals surface area contributed by atoms with E-state index in [1.807, 2.05) is 24.3 Å². The van der Waals surface area contributed by atoms with Gasteiger partial charge in [0.15, 0.2) is 17.6 Å². The number of thioether (sulfide) groups is 1. The minimum absolute atomic E-state index is 0.267. The predicted molar refractivity (Wildman–Crippen MR) is 119 cm³/mol. The van der Waals surface area contributed by atoms with Gasteiger partial charge in [-0.2, -0.15) is 0 Å². The Balaban J connectivity index is 1.55. The molecule has 3 rings (SSSR count). The standard InChI is InChI=1S/C20H25ClN4O6S/c1-11(26)22-18(32-12(2)23-17(27)15-16(31-15)20(29)30)19(28)25-9-7-24(8-10-25)14-6-4-3-5-13(14)21/h3-6,12,15-16,18H,7-10H2,1-2H3,(H,22,26)(H,23,27)(H,29,30)/t12?,15-,16-,18-/m0/s1. The fourth-order valence-electron chi connectivity index (χ4n) is 3.40. The molecule has 1 unspecified atom stereocenters. The molecule has 32 heavy (non-hydrogen) atoms. The van der Waals surface area contributed by atoms with Gasteiger partial charge >= 0.3 is 5.97 Å². The average molecular weight is 485 g/mol. The van der Waals surface area contributed by atoms with Gasteiger partial charge in [-0.1, -0.05) is 23.7 Å². The van der Waals surface area contributed by atoms with Gasteiger partial charge in [0.2, 0.25) is 5.91 Å². The zero-order valence-corrected chi connectivity index (χ0v) is 19.2. The molecule has 0 aliphatic carbocycles. The first-order valence-electron chi connectivity index (χ1n) is 10.1. The summed E-state index contributed by atoms with van der Waals surface area (Å²) in [6, 6.07) is 7.51.